The minimum atomic E-state index is -0.0823. The van der Waals surface area contributed by atoms with Gasteiger partial charge in [0.05, 0.1) is 11.0 Å². The molecule has 0 radical (unpaired) electrons. The van der Waals surface area contributed by atoms with Crippen molar-refractivity contribution in [2.45, 2.75) is 44.7 Å². The number of benzene rings is 1. The average Bonchev–Trinajstić information content (AvgIpc) is 2.54. The fraction of sp³-hybridized carbons (Fsp3) is 0.438. The van der Waals surface area contributed by atoms with Crippen molar-refractivity contribution in [2.75, 3.05) is 0 Å². The Labute approximate surface area is 124 Å². The minimum Gasteiger partial charge on any atom is -0.335 e. The van der Waals surface area contributed by atoms with E-state index in [0.717, 1.165) is 29.4 Å². The van der Waals surface area contributed by atoms with Gasteiger partial charge >= 0.3 is 6.03 Å². The van der Waals surface area contributed by atoms with E-state index in [4.69, 9.17) is 0 Å². The van der Waals surface area contributed by atoms with Crippen LogP contribution in [-0.2, 0) is 6.54 Å². The quantitative estimate of drug-likeness (QED) is 0.910. The molecule has 0 unspecified atom stereocenters. The van der Waals surface area contributed by atoms with Crippen LogP contribution in [0.3, 0.4) is 0 Å². The Morgan fingerprint density at radius 3 is 2.67 bits per heavy atom. The number of amides is 2. The number of hydrogen-bond donors (Lipinski definition) is 2. The second kappa shape index (κ2) is 6.52. The Balaban J connectivity index is 1.54. The van der Waals surface area contributed by atoms with Crippen molar-refractivity contribution in [3.8, 4) is 0 Å². The normalized spacial score (nSPS) is 15.8. The number of nitrogens with one attached hydrogen (secondary N) is 2. The van der Waals surface area contributed by atoms with E-state index >= 15 is 0 Å². The van der Waals surface area contributed by atoms with Crippen molar-refractivity contribution >= 4 is 17.1 Å². The molecule has 0 aliphatic heterocycles. The summed E-state index contributed by atoms with van der Waals surface area (Å²) in [5.74, 6) is 0. The van der Waals surface area contributed by atoms with E-state index in [1.54, 1.807) is 12.4 Å². The number of urea groups is 1. The van der Waals surface area contributed by atoms with Gasteiger partial charge in [0.15, 0.2) is 0 Å². The van der Waals surface area contributed by atoms with Gasteiger partial charge in [0, 0.05) is 25.0 Å². The molecule has 1 aliphatic carbocycles. The first-order chi connectivity index (χ1) is 10.3. The summed E-state index contributed by atoms with van der Waals surface area (Å²) >= 11 is 0. The molecule has 1 saturated carbocycles. The molecule has 1 fully saturated rings. The number of carbonyl (C=O) groups is 1. The maximum atomic E-state index is 11.9. The van der Waals surface area contributed by atoms with Gasteiger partial charge in [0.2, 0.25) is 0 Å². The molecule has 1 aromatic carbocycles. The summed E-state index contributed by atoms with van der Waals surface area (Å²) in [4.78, 5) is 20.4. The predicted molar refractivity (Wildman–Crippen MR) is 81.8 cm³/mol. The van der Waals surface area contributed by atoms with Gasteiger partial charge in [0.1, 0.15) is 0 Å². The summed E-state index contributed by atoms with van der Waals surface area (Å²) in [7, 11) is 0. The Hall–Kier alpha value is -2.17. The molecule has 1 heterocycles. The maximum absolute atomic E-state index is 11.9. The molecule has 3 rings (SSSR count). The Kier molecular flexibility index (Phi) is 4.28. The molecule has 5 nitrogen and oxygen atoms in total. The second-order valence-corrected chi connectivity index (χ2v) is 5.54. The number of nitrogens with zero attached hydrogens (tertiary/aromatic N) is 2. The number of rotatable bonds is 3. The van der Waals surface area contributed by atoms with Crippen molar-refractivity contribution in [1.82, 2.24) is 20.6 Å². The zero-order valence-electron chi connectivity index (χ0n) is 12.0. The first kappa shape index (κ1) is 13.8. The maximum Gasteiger partial charge on any atom is 0.315 e. The van der Waals surface area contributed by atoms with Gasteiger partial charge in [-0.3, -0.25) is 9.97 Å². The molecule has 2 N–H and O–H groups in total. The lowest BCUT2D eigenvalue weighted by Gasteiger charge is -2.22. The Bertz CT molecular complexity index is 622. The van der Waals surface area contributed by atoms with Crippen molar-refractivity contribution in [3.63, 3.8) is 0 Å². The molecule has 0 bridgehead atoms. The summed E-state index contributed by atoms with van der Waals surface area (Å²) in [5, 5.41) is 5.96. The zero-order chi connectivity index (χ0) is 14.5. The van der Waals surface area contributed by atoms with E-state index in [2.05, 4.69) is 20.6 Å². The monoisotopic (exact) mass is 284 g/mol. The van der Waals surface area contributed by atoms with Crippen LogP contribution in [0, 0.1) is 0 Å². The second-order valence-electron chi connectivity index (χ2n) is 5.54. The molecule has 0 atom stereocenters. The smallest absolute Gasteiger partial charge is 0.315 e. The highest BCUT2D eigenvalue weighted by molar-refractivity contribution is 5.76. The molecule has 0 saturated heterocycles. The molecule has 21 heavy (non-hydrogen) atoms. The summed E-state index contributed by atoms with van der Waals surface area (Å²) in [6.07, 6.45) is 9.27. The number of aromatic nitrogens is 2. The number of hydrogen-bond acceptors (Lipinski definition) is 3. The van der Waals surface area contributed by atoms with Crippen molar-refractivity contribution < 1.29 is 4.79 Å². The van der Waals surface area contributed by atoms with Crippen LogP contribution in [0.2, 0.25) is 0 Å². The molecule has 110 valence electrons. The third-order valence-corrected chi connectivity index (χ3v) is 3.93. The lowest BCUT2D eigenvalue weighted by Crippen LogP contribution is -2.42. The van der Waals surface area contributed by atoms with Crippen LogP contribution in [0.1, 0.15) is 37.7 Å². The highest BCUT2D eigenvalue weighted by Crippen LogP contribution is 2.17. The largest absolute Gasteiger partial charge is 0.335 e. The van der Waals surface area contributed by atoms with E-state index in [-0.39, 0.29) is 6.03 Å². The van der Waals surface area contributed by atoms with Gasteiger partial charge in [-0.05, 0) is 30.5 Å². The van der Waals surface area contributed by atoms with Gasteiger partial charge < -0.3 is 10.6 Å². The lowest BCUT2D eigenvalue weighted by atomic mass is 9.96. The zero-order valence-corrected chi connectivity index (χ0v) is 12.0. The van der Waals surface area contributed by atoms with E-state index in [0.29, 0.717) is 12.6 Å². The number of carbonyl (C=O) groups excluding carboxylic acids is 1. The Morgan fingerprint density at radius 2 is 1.86 bits per heavy atom. The van der Waals surface area contributed by atoms with Crippen LogP contribution < -0.4 is 10.6 Å². The van der Waals surface area contributed by atoms with E-state index < -0.39 is 0 Å². The summed E-state index contributed by atoms with van der Waals surface area (Å²) < 4.78 is 0. The molecule has 5 heteroatoms. The van der Waals surface area contributed by atoms with Crippen LogP contribution in [0.4, 0.5) is 4.79 Å². The average molecular weight is 284 g/mol. The van der Waals surface area contributed by atoms with Crippen molar-refractivity contribution in [3.05, 3.63) is 36.2 Å². The molecular formula is C16H20N4O. The van der Waals surface area contributed by atoms with E-state index in [1.807, 2.05) is 18.2 Å². The van der Waals surface area contributed by atoms with Crippen molar-refractivity contribution in [2.24, 2.45) is 0 Å². The molecule has 1 aromatic heterocycles. The first-order valence-corrected chi connectivity index (χ1v) is 7.55. The van der Waals surface area contributed by atoms with Gasteiger partial charge in [0.25, 0.3) is 0 Å². The van der Waals surface area contributed by atoms with Gasteiger partial charge in [-0.15, -0.1) is 0 Å². The standard InChI is InChI=1S/C16H20N4O/c21-16(20-13-4-2-1-3-5-13)19-11-12-6-7-14-15(10-12)18-9-8-17-14/h6-10,13H,1-5,11H2,(H2,19,20,21). The van der Waals surface area contributed by atoms with Gasteiger partial charge in [-0.25, -0.2) is 4.79 Å². The van der Waals surface area contributed by atoms with Crippen LogP contribution in [0.25, 0.3) is 11.0 Å². The predicted octanol–water partition coefficient (Wildman–Crippen LogP) is 2.76. The molecule has 1 aliphatic rings. The SMILES string of the molecule is O=C(NCc1ccc2nccnc2c1)NC1CCCCC1. The minimum absolute atomic E-state index is 0.0823. The third-order valence-electron chi connectivity index (χ3n) is 3.93. The molecule has 2 amide bonds. The lowest BCUT2D eigenvalue weighted by molar-refractivity contribution is 0.232. The van der Waals surface area contributed by atoms with Crippen LogP contribution in [0.15, 0.2) is 30.6 Å². The van der Waals surface area contributed by atoms with Gasteiger partial charge in [-0.2, -0.15) is 0 Å². The summed E-state index contributed by atoms with van der Waals surface area (Å²) in [6.45, 7) is 0.505. The molecular weight excluding hydrogens is 264 g/mol. The summed E-state index contributed by atoms with van der Waals surface area (Å²) in [6, 6.07) is 6.11. The summed E-state index contributed by atoms with van der Waals surface area (Å²) in [5.41, 5.74) is 2.75. The van der Waals surface area contributed by atoms with Crippen LogP contribution in [-0.4, -0.2) is 22.0 Å². The van der Waals surface area contributed by atoms with E-state index in [9.17, 15) is 4.79 Å². The highest BCUT2D eigenvalue weighted by atomic mass is 16.2. The third kappa shape index (κ3) is 3.68. The fourth-order valence-corrected chi connectivity index (χ4v) is 2.78. The highest BCUT2D eigenvalue weighted by Gasteiger charge is 2.15. The Morgan fingerprint density at radius 1 is 1.10 bits per heavy atom. The van der Waals surface area contributed by atoms with E-state index in [1.165, 1.54) is 19.3 Å². The van der Waals surface area contributed by atoms with Crippen LogP contribution >= 0.6 is 0 Å². The van der Waals surface area contributed by atoms with Gasteiger partial charge in [-0.1, -0.05) is 25.3 Å². The first-order valence-electron chi connectivity index (χ1n) is 7.55. The molecule has 0 spiro atoms. The topological polar surface area (TPSA) is 66.9 Å². The molecule has 2 aromatic rings. The van der Waals surface area contributed by atoms with Crippen molar-refractivity contribution in [1.29, 1.82) is 0 Å². The fourth-order valence-electron chi connectivity index (χ4n) is 2.78. The number of fused-ring (bicyclic) bond motifs is 1. The van der Waals surface area contributed by atoms with Crippen LogP contribution in [0.5, 0.6) is 0 Å².